The first-order valence-electron chi connectivity index (χ1n) is 6.21. The van der Waals surface area contributed by atoms with Gasteiger partial charge in [0.2, 0.25) is 6.20 Å². The topological polar surface area (TPSA) is 60.2 Å². The molecule has 0 bridgehead atoms. The Morgan fingerprint density at radius 3 is 1.76 bits per heavy atom. The Morgan fingerprint density at radius 2 is 1.32 bits per heavy atom. The summed E-state index contributed by atoms with van der Waals surface area (Å²) in [6.45, 7) is 0. The molecule has 25 heavy (non-hydrogen) atoms. The molecule has 0 spiro atoms. The summed E-state index contributed by atoms with van der Waals surface area (Å²) in [5.41, 5.74) is -0.137. The number of carbonyl (C=O) groups excluding carboxylic acids is 1. The maximum absolute atomic E-state index is 13.2. The van der Waals surface area contributed by atoms with Gasteiger partial charge in [0.1, 0.15) is 5.82 Å². The zero-order valence-corrected chi connectivity index (χ0v) is 15.0. The third-order valence-electron chi connectivity index (χ3n) is 2.55. The summed E-state index contributed by atoms with van der Waals surface area (Å²) < 4.78 is 25.9. The van der Waals surface area contributed by atoms with E-state index >= 15 is 0 Å². The fourth-order valence-electron chi connectivity index (χ4n) is 1.50. The fraction of sp³-hybridized carbons (Fsp3) is 0. The van der Waals surface area contributed by atoms with Crippen molar-refractivity contribution in [2.75, 3.05) is 0 Å². The highest BCUT2D eigenvalue weighted by Gasteiger charge is 2.07. The van der Waals surface area contributed by atoms with E-state index in [9.17, 15) is 23.7 Å². The summed E-state index contributed by atoms with van der Waals surface area (Å²) >= 11 is 21.9. The first-order valence-corrected chi connectivity index (χ1v) is 7.72. The van der Waals surface area contributed by atoms with Crippen molar-refractivity contribution in [2.24, 2.45) is 0 Å². The van der Waals surface area contributed by atoms with E-state index in [0.717, 1.165) is 6.08 Å². The van der Waals surface area contributed by atoms with Crippen LogP contribution in [0.2, 0.25) is 20.1 Å². The van der Waals surface area contributed by atoms with Gasteiger partial charge in [-0.3, -0.25) is 14.9 Å². The molecular weight excluding hydrogens is 422 g/mol. The van der Waals surface area contributed by atoms with Crippen molar-refractivity contribution in [2.45, 2.75) is 0 Å². The molecule has 0 aliphatic carbocycles. The number of hydrogen-bond donors (Lipinski definition) is 0. The van der Waals surface area contributed by atoms with Crippen molar-refractivity contribution in [3.63, 3.8) is 0 Å². The number of nitro groups is 1. The Kier molecular flexibility index (Phi) is 8.25. The highest BCUT2D eigenvalue weighted by atomic mass is 35.5. The lowest BCUT2D eigenvalue weighted by atomic mass is 10.2. The molecule has 10 heteroatoms. The molecule has 0 N–H and O–H groups in total. The third kappa shape index (κ3) is 6.59. The number of benzene rings is 2. The van der Waals surface area contributed by atoms with E-state index in [1.165, 1.54) is 24.3 Å². The van der Waals surface area contributed by atoms with Gasteiger partial charge >= 0.3 is 0 Å². The smallest absolute Gasteiger partial charge is 0.235 e. The second kappa shape index (κ2) is 9.68. The monoisotopic (exact) mass is 427 g/mol. The van der Waals surface area contributed by atoms with Crippen LogP contribution in [0.1, 0.15) is 15.9 Å². The molecule has 0 radical (unpaired) electrons. The molecule has 0 amide bonds. The van der Waals surface area contributed by atoms with Crippen molar-refractivity contribution < 1.29 is 18.5 Å². The molecule has 0 aliphatic rings. The fourth-order valence-corrected chi connectivity index (χ4v) is 2.52. The standard InChI is InChI=1S/C8H4Cl2FNO2.C7H3Cl2FO/c9-6-3-5(1-2-12(13)14)8(11)7(10)4-6;8-5-1-4(3-11)7(10)6(9)2-5/h1-4H;1-3H/b2-1+;. The average Bonchev–Trinajstić information content (AvgIpc) is 2.53. The summed E-state index contributed by atoms with van der Waals surface area (Å²) in [7, 11) is 0. The number of halogens is 6. The van der Waals surface area contributed by atoms with E-state index in [4.69, 9.17) is 46.4 Å². The highest BCUT2D eigenvalue weighted by Crippen LogP contribution is 2.24. The predicted octanol–water partition coefficient (Wildman–Crippen LogP) is 6.32. The zero-order chi connectivity index (χ0) is 19.1. The van der Waals surface area contributed by atoms with Crippen LogP contribution in [0.25, 0.3) is 6.08 Å². The predicted molar refractivity (Wildman–Crippen MR) is 94.3 cm³/mol. The van der Waals surface area contributed by atoms with E-state index in [1.807, 2.05) is 0 Å². The van der Waals surface area contributed by atoms with Crippen molar-refractivity contribution in [3.05, 3.63) is 83.4 Å². The molecule has 2 rings (SSSR count). The van der Waals surface area contributed by atoms with Crippen LogP contribution in [0.4, 0.5) is 8.78 Å². The summed E-state index contributed by atoms with van der Waals surface area (Å²) in [5, 5.41) is 10.1. The van der Waals surface area contributed by atoms with Gasteiger partial charge in [-0.2, -0.15) is 0 Å². The molecular formula is C15H7Cl4F2NO3. The SMILES string of the molecule is O=Cc1cc(Cl)cc(Cl)c1F.O=[N+]([O-])/C=C/c1cc(Cl)cc(Cl)c1F. The molecule has 0 unspecified atom stereocenters. The zero-order valence-electron chi connectivity index (χ0n) is 12.0. The van der Waals surface area contributed by atoms with Gasteiger partial charge in [0.25, 0.3) is 0 Å². The second-order valence-corrected chi connectivity index (χ2v) is 5.99. The number of aldehydes is 1. The Balaban J connectivity index is 0.000000257. The van der Waals surface area contributed by atoms with Crippen LogP contribution < -0.4 is 0 Å². The van der Waals surface area contributed by atoms with Crippen LogP contribution >= 0.6 is 46.4 Å². The molecule has 0 fully saturated rings. The second-order valence-electron chi connectivity index (χ2n) is 4.30. The van der Waals surface area contributed by atoms with Crippen LogP contribution in [-0.4, -0.2) is 11.2 Å². The minimum atomic E-state index is -0.730. The average molecular weight is 429 g/mol. The maximum Gasteiger partial charge on any atom is 0.235 e. The molecule has 0 aromatic heterocycles. The number of hydrogen-bond acceptors (Lipinski definition) is 3. The van der Waals surface area contributed by atoms with E-state index in [0.29, 0.717) is 12.5 Å². The lowest BCUT2D eigenvalue weighted by molar-refractivity contribution is -0.400. The molecule has 132 valence electrons. The van der Waals surface area contributed by atoms with Gasteiger partial charge < -0.3 is 0 Å². The van der Waals surface area contributed by atoms with Crippen LogP contribution in [0, 0.1) is 21.7 Å². The maximum atomic E-state index is 13.2. The molecule has 0 aliphatic heterocycles. The van der Waals surface area contributed by atoms with Gasteiger partial charge in [-0.15, -0.1) is 0 Å². The lowest BCUT2D eigenvalue weighted by Gasteiger charge is -1.99. The summed E-state index contributed by atoms with van der Waals surface area (Å²) in [5.74, 6) is -1.46. The van der Waals surface area contributed by atoms with Crippen LogP contribution in [0.15, 0.2) is 30.5 Å². The third-order valence-corrected chi connectivity index (χ3v) is 3.53. The molecule has 4 nitrogen and oxygen atoms in total. The largest absolute Gasteiger partial charge is 0.298 e. The Morgan fingerprint density at radius 1 is 0.880 bits per heavy atom. The minimum Gasteiger partial charge on any atom is -0.298 e. The van der Waals surface area contributed by atoms with Crippen molar-refractivity contribution in [1.82, 2.24) is 0 Å². The molecule has 2 aromatic rings. The molecule has 2 aromatic carbocycles. The Hall–Kier alpha value is -1.73. The quantitative estimate of drug-likeness (QED) is 0.248. The minimum absolute atomic E-state index is 0.0146. The van der Waals surface area contributed by atoms with Gasteiger partial charge in [0, 0.05) is 21.7 Å². The van der Waals surface area contributed by atoms with E-state index < -0.39 is 16.6 Å². The molecule has 0 atom stereocenters. The van der Waals surface area contributed by atoms with Gasteiger partial charge in [-0.05, 0) is 24.3 Å². The van der Waals surface area contributed by atoms with Gasteiger partial charge in [-0.1, -0.05) is 46.4 Å². The molecule has 0 saturated carbocycles. The summed E-state index contributed by atoms with van der Waals surface area (Å²) in [4.78, 5) is 19.5. The number of carbonyl (C=O) groups is 1. The van der Waals surface area contributed by atoms with Gasteiger partial charge in [-0.25, -0.2) is 8.78 Å². The van der Waals surface area contributed by atoms with Crippen molar-refractivity contribution in [3.8, 4) is 0 Å². The number of nitrogens with zero attached hydrogens (tertiary/aromatic N) is 1. The first-order chi connectivity index (χ1) is 11.6. The Bertz CT molecular complexity index is 844. The van der Waals surface area contributed by atoms with Crippen molar-refractivity contribution >= 4 is 58.8 Å². The molecule has 0 saturated heterocycles. The first kappa shape index (κ1) is 21.3. The van der Waals surface area contributed by atoms with Crippen LogP contribution in [0.5, 0.6) is 0 Å². The van der Waals surface area contributed by atoms with E-state index in [2.05, 4.69) is 0 Å². The molecule has 0 heterocycles. The van der Waals surface area contributed by atoms with Crippen LogP contribution in [-0.2, 0) is 0 Å². The van der Waals surface area contributed by atoms with E-state index in [1.54, 1.807) is 0 Å². The summed E-state index contributed by atoms with van der Waals surface area (Å²) in [6.07, 6.45) is 1.98. The normalized spacial score (nSPS) is 10.3. The number of rotatable bonds is 3. The van der Waals surface area contributed by atoms with Crippen molar-refractivity contribution in [1.29, 1.82) is 0 Å². The van der Waals surface area contributed by atoms with Gasteiger partial charge in [0.05, 0.1) is 20.5 Å². The van der Waals surface area contributed by atoms with Crippen LogP contribution in [0.3, 0.4) is 0 Å². The lowest BCUT2D eigenvalue weighted by Crippen LogP contribution is -1.87. The Labute approximate surface area is 160 Å². The van der Waals surface area contributed by atoms with Gasteiger partial charge in [0.15, 0.2) is 12.1 Å². The van der Waals surface area contributed by atoms with E-state index in [-0.39, 0.29) is 31.2 Å². The summed E-state index contributed by atoms with van der Waals surface area (Å²) in [6, 6.07) is 4.94. The highest BCUT2D eigenvalue weighted by molar-refractivity contribution is 6.35.